The lowest BCUT2D eigenvalue weighted by Gasteiger charge is -2.07. The maximum absolute atomic E-state index is 11.6. The number of anilines is 1. The van der Waals surface area contributed by atoms with Gasteiger partial charge in [-0.3, -0.25) is 5.32 Å². The first kappa shape index (κ1) is 14.5. The molecule has 0 saturated heterocycles. The second kappa shape index (κ2) is 6.36. The highest BCUT2D eigenvalue weighted by Crippen LogP contribution is 2.13. The van der Waals surface area contributed by atoms with Crippen LogP contribution in [0.25, 0.3) is 0 Å². The van der Waals surface area contributed by atoms with Gasteiger partial charge in [0.25, 0.3) is 0 Å². The summed E-state index contributed by atoms with van der Waals surface area (Å²) < 4.78 is 30.4. The van der Waals surface area contributed by atoms with Crippen molar-refractivity contribution in [3.05, 3.63) is 24.3 Å². The van der Waals surface area contributed by atoms with Crippen molar-refractivity contribution in [2.45, 2.75) is 18.7 Å². The fourth-order valence-electron chi connectivity index (χ4n) is 1.28. The molecule has 0 bridgehead atoms. The summed E-state index contributed by atoms with van der Waals surface area (Å²) in [5, 5.41) is 2.48. The molecular weight excluding hydrogens is 256 g/mol. The quantitative estimate of drug-likeness (QED) is 0.851. The number of hydrogen-bond acceptors (Lipinski definition) is 4. The molecule has 0 aliphatic heterocycles. The zero-order valence-corrected chi connectivity index (χ0v) is 11.1. The van der Waals surface area contributed by atoms with Gasteiger partial charge >= 0.3 is 6.09 Å². The molecule has 1 aromatic carbocycles. The monoisotopic (exact) mass is 272 g/mol. The summed E-state index contributed by atoms with van der Waals surface area (Å²) >= 11 is 0. The standard InChI is InChI=1S/C11H16N2O4S/c1-3-12-18(15,16)10-7-5-9(6-8-10)13-11(14)17-4-2/h5-8,12H,3-4H2,1-2H3,(H,13,14). The zero-order chi connectivity index (χ0) is 13.6. The minimum absolute atomic E-state index is 0.152. The van der Waals surface area contributed by atoms with Crippen LogP contribution in [0.15, 0.2) is 29.2 Å². The fourth-order valence-corrected chi connectivity index (χ4v) is 2.32. The summed E-state index contributed by atoms with van der Waals surface area (Å²) in [6, 6.07) is 5.83. The van der Waals surface area contributed by atoms with Crippen molar-refractivity contribution in [3.63, 3.8) is 0 Å². The molecule has 1 rings (SSSR count). The van der Waals surface area contributed by atoms with Crippen LogP contribution in [0.4, 0.5) is 10.5 Å². The Hall–Kier alpha value is -1.60. The first-order valence-electron chi connectivity index (χ1n) is 5.53. The van der Waals surface area contributed by atoms with E-state index in [0.29, 0.717) is 12.2 Å². The number of amides is 1. The summed E-state index contributed by atoms with van der Waals surface area (Å²) in [7, 11) is -3.46. The maximum Gasteiger partial charge on any atom is 0.411 e. The molecule has 1 amide bonds. The molecule has 6 nitrogen and oxygen atoms in total. The molecule has 7 heteroatoms. The molecule has 0 heterocycles. The molecule has 0 spiro atoms. The van der Waals surface area contributed by atoms with E-state index in [1.54, 1.807) is 13.8 Å². The topological polar surface area (TPSA) is 84.5 Å². The van der Waals surface area contributed by atoms with E-state index in [1.165, 1.54) is 24.3 Å². The average Bonchev–Trinajstić information content (AvgIpc) is 2.30. The summed E-state index contributed by atoms with van der Waals surface area (Å²) in [5.74, 6) is 0. The van der Waals surface area contributed by atoms with Crippen molar-refractivity contribution >= 4 is 21.8 Å². The lowest BCUT2D eigenvalue weighted by Crippen LogP contribution is -2.23. The second-order valence-electron chi connectivity index (χ2n) is 3.37. The SMILES string of the molecule is CCNS(=O)(=O)c1ccc(NC(=O)OCC)cc1. The summed E-state index contributed by atoms with van der Waals surface area (Å²) in [6.07, 6.45) is -0.570. The van der Waals surface area contributed by atoms with E-state index in [-0.39, 0.29) is 11.5 Å². The Morgan fingerprint density at radius 1 is 1.22 bits per heavy atom. The number of nitrogens with one attached hydrogen (secondary N) is 2. The van der Waals surface area contributed by atoms with E-state index in [9.17, 15) is 13.2 Å². The Bertz CT molecular complexity index is 496. The highest BCUT2D eigenvalue weighted by Gasteiger charge is 2.12. The van der Waals surface area contributed by atoms with Crippen LogP contribution in [0.5, 0.6) is 0 Å². The van der Waals surface area contributed by atoms with Gasteiger partial charge < -0.3 is 4.74 Å². The lowest BCUT2D eigenvalue weighted by molar-refractivity contribution is 0.168. The largest absolute Gasteiger partial charge is 0.450 e. The molecule has 0 radical (unpaired) electrons. The van der Waals surface area contributed by atoms with E-state index in [2.05, 4.69) is 10.0 Å². The number of ether oxygens (including phenoxy) is 1. The van der Waals surface area contributed by atoms with Crippen molar-refractivity contribution < 1.29 is 17.9 Å². The van der Waals surface area contributed by atoms with E-state index >= 15 is 0 Å². The van der Waals surface area contributed by atoms with E-state index in [0.717, 1.165) is 0 Å². The predicted molar refractivity (Wildman–Crippen MR) is 67.9 cm³/mol. The van der Waals surface area contributed by atoms with Crippen LogP contribution in [-0.4, -0.2) is 27.7 Å². The highest BCUT2D eigenvalue weighted by molar-refractivity contribution is 7.89. The van der Waals surface area contributed by atoms with Gasteiger partial charge in [0.1, 0.15) is 0 Å². The minimum atomic E-state index is -3.46. The molecule has 0 saturated carbocycles. The van der Waals surface area contributed by atoms with Crippen molar-refractivity contribution in [2.24, 2.45) is 0 Å². The number of carbonyl (C=O) groups excluding carboxylic acids is 1. The molecule has 100 valence electrons. The van der Waals surface area contributed by atoms with Gasteiger partial charge in [-0.25, -0.2) is 17.9 Å². The third-order valence-corrected chi connectivity index (χ3v) is 3.58. The molecule has 0 aliphatic carbocycles. The van der Waals surface area contributed by atoms with Gasteiger partial charge in [0.15, 0.2) is 0 Å². The first-order chi connectivity index (χ1) is 8.49. The molecule has 0 atom stereocenters. The number of hydrogen-bond donors (Lipinski definition) is 2. The maximum atomic E-state index is 11.6. The number of benzene rings is 1. The Kier molecular flexibility index (Phi) is 5.11. The van der Waals surface area contributed by atoms with Gasteiger partial charge in [0.2, 0.25) is 10.0 Å². The van der Waals surface area contributed by atoms with Gasteiger partial charge in [-0.15, -0.1) is 0 Å². The summed E-state index contributed by atoms with van der Waals surface area (Å²) in [4.78, 5) is 11.3. The Balaban J connectivity index is 2.77. The molecule has 18 heavy (non-hydrogen) atoms. The fraction of sp³-hybridized carbons (Fsp3) is 0.364. The van der Waals surface area contributed by atoms with Crippen molar-refractivity contribution in [1.82, 2.24) is 4.72 Å². The molecule has 0 fully saturated rings. The van der Waals surface area contributed by atoms with Gasteiger partial charge in [-0.2, -0.15) is 0 Å². The summed E-state index contributed by atoms with van der Waals surface area (Å²) in [5.41, 5.74) is 0.476. The van der Waals surface area contributed by atoms with Gasteiger partial charge in [-0.1, -0.05) is 6.92 Å². The van der Waals surface area contributed by atoms with Gasteiger partial charge in [0.05, 0.1) is 11.5 Å². The molecule has 0 aromatic heterocycles. The van der Waals surface area contributed by atoms with E-state index in [1.807, 2.05) is 0 Å². The second-order valence-corrected chi connectivity index (χ2v) is 5.14. The van der Waals surface area contributed by atoms with Gasteiger partial charge in [0, 0.05) is 12.2 Å². The number of rotatable bonds is 5. The Morgan fingerprint density at radius 2 is 1.83 bits per heavy atom. The van der Waals surface area contributed by atoms with Crippen LogP contribution < -0.4 is 10.0 Å². The molecular formula is C11H16N2O4S. The van der Waals surface area contributed by atoms with Crippen molar-refractivity contribution in [3.8, 4) is 0 Å². The van der Waals surface area contributed by atoms with E-state index in [4.69, 9.17) is 4.74 Å². The van der Waals surface area contributed by atoms with Crippen molar-refractivity contribution in [2.75, 3.05) is 18.5 Å². The lowest BCUT2D eigenvalue weighted by atomic mass is 10.3. The smallest absolute Gasteiger partial charge is 0.411 e. The molecule has 0 aliphatic rings. The van der Waals surface area contributed by atoms with Crippen LogP contribution in [0.3, 0.4) is 0 Å². The van der Waals surface area contributed by atoms with Crippen LogP contribution in [0, 0.1) is 0 Å². The number of carbonyl (C=O) groups is 1. The summed E-state index contributed by atoms with van der Waals surface area (Å²) in [6.45, 7) is 4.00. The normalized spacial score (nSPS) is 11.0. The molecule has 1 aromatic rings. The van der Waals surface area contributed by atoms with Crippen LogP contribution in [0.2, 0.25) is 0 Å². The Morgan fingerprint density at radius 3 is 2.33 bits per heavy atom. The Labute approximate surface area is 106 Å². The van der Waals surface area contributed by atoms with Gasteiger partial charge in [-0.05, 0) is 31.2 Å². The van der Waals surface area contributed by atoms with E-state index < -0.39 is 16.1 Å². The first-order valence-corrected chi connectivity index (χ1v) is 7.01. The molecule has 2 N–H and O–H groups in total. The zero-order valence-electron chi connectivity index (χ0n) is 10.3. The number of sulfonamides is 1. The minimum Gasteiger partial charge on any atom is -0.450 e. The third-order valence-electron chi connectivity index (χ3n) is 2.02. The highest BCUT2D eigenvalue weighted by atomic mass is 32.2. The predicted octanol–water partition coefficient (Wildman–Crippen LogP) is 1.55. The third kappa shape index (κ3) is 4.01. The average molecular weight is 272 g/mol. The van der Waals surface area contributed by atoms with Crippen LogP contribution in [-0.2, 0) is 14.8 Å². The van der Waals surface area contributed by atoms with Crippen LogP contribution >= 0.6 is 0 Å². The van der Waals surface area contributed by atoms with Crippen LogP contribution in [0.1, 0.15) is 13.8 Å². The van der Waals surface area contributed by atoms with Crippen molar-refractivity contribution in [1.29, 1.82) is 0 Å². The molecule has 0 unspecified atom stereocenters.